The van der Waals surface area contributed by atoms with E-state index >= 15 is 0 Å². The first kappa shape index (κ1) is 9.22. The molecule has 0 aromatic rings. The van der Waals surface area contributed by atoms with Gasteiger partial charge >= 0.3 is 0 Å². The van der Waals surface area contributed by atoms with E-state index in [9.17, 15) is 5.11 Å². The van der Waals surface area contributed by atoms with E-state index in [4.69, 9.17) is 4.74 Å². The van der Waals surface area contributed by atoms with Gasteiger partial charge in [-0.05, 0) is 31.3 Å². The molecule has 1 aliphatic carbocycles. The van der Waals surface area contributed by atoms with Gasteiger partial charge in [0.1, 0.15) is 5.60 Å². The van der Waals surface area contributed by atoms with Gasteiger partial charge in [0.25, 0.3) is 0 Å². The van der Waals surface area contributed by atoms with Gasteiger partial charge in [0.05, 0.1) is 13.2 Å². The molecule has 2 rings (SSSR count). The predicted molar refractivity (Wildman–Crippen MR) is 51.5 cm³/mol. The van der Waals surface area contributed by atoms with Gasteiger partial charge in [-0.1, -0.05) is 13.0 Å². The summed E-state index contributed by atoms with van der Waals surface area (Å²) in [6.07, 6.45) is 6.90. The van der Waals surface area contributed by atoms with Gasteiger partial charge in [0, 0.05) is 5.92 Å². The summed E-state index contributed by atoms with van der Waals surface area (Å²) >= 11 is 0. The van der Waals surface area contributed by atoms with Crippen LogP contribution in [0.15, 0.2) is 11.6 Å². The van der Waals surface area contributed by atoms with Crippen LogP contribution in [-0.4, -0.2) is 23.9 Å². The second-order valence-electron chi connectivity index (χ2n) is 4.32. The molecule has 1 N–H and O–H groups in total. The minimum Gasteiger partial charge on any atom is -0.383 e. The number of allylic oxidation sites excluding steroid dienone is 1. The van der Waals surface area contributed by atoms with Crippen molar-refractivity contribution in [3.8, 4) is 0 Å². The highest BCUT2D eigenvalue weighted by Gasteiger charge is 2.42. The number of hydrogen-bond donors (Lipinski definition) is 1. The van der Waals surface area contributed by atoms with Crippen molar-refractivity contribution >= 4 is 0 Å². The molecule has 74 valence electrons. The molecule has 1 saturated heterocycles. The molecule has 2 unspecified atom stereocenters. The molecule has 0 aromatic heterocycles. The molecule has 1 fully saturated rings. The van der Waals surface area contributed by atoms with Crippen LogP contribution in [0.25, 0.3) is 0 Å². The minimum absolute atomic E-state index is 0.261. The molecule has 1 heterocycles. The largest absolute Gasteiger partial charge is 0.383 e. The van der Waals surface area contributed by atoms with E-state index in [2.05, 4.69) is 13.0 Å². The highest BCUT2D eigenvalue weighted by atomic mass is 16.5. The number of aliphatic hydroxyl groups is 1. The lowest BCUT2D eigenvalue weighted by molar-refractivity contribution is 0.0353. The summed E-state index contributed by atoms with van der Waals surface area (Å²) in [6, 6.07) is 0. The van der Waals surface area contributed by atoms with E-state index < -0.39 is 5.60 Å². The second-order valence-corrected chi connectivity index (χ2v) is 4.32. The molecule has 2 nitrogen and oxygen atoms in total. The molecule has 1 aliphatic heterocycles. The third-order valence-corrected chi connectivity index (χ3v) is 3.35. The van der Waals surface area contributed by atoms with Crippen LogP contribution in [0.4, 0.5) is 0 Å². The molecule has 2 heteroatoms. The predicted octanol–water partition coefficient (Wildman–Crippen LogP) is 1.88. The lowest BCUT2D eigenvalue weighted by Crippen LogP contribution is -2.38. The molecule has 0 aromatic carbocycles. The van der Waals surface area contributed by atoms with Crippen molar-refractivity contribution in [3.63, 3.8) is 0 Å². The van der Waals surface area contributed by atoms with E-state index in [1.807, 2.05) is 0 Å². The topological polar surface area (TPSA) is 29.5 Å². The van der Waals surface area contributed by atoms with E-state index in [0.29, 0.717) is 13.2 Å². The summed E-state index contributed by atoms with van der Waals surface area (Å²) in [5.41, 5.74) is 0.587. The molecule has 0 bridgehead atoms. The van der Waals surface area contributed by atoms with Gasteiger partial charge in [-0.15, -0.1) is 0 Å². The molecule has 2 aliphatic rings. The van der Waals surface area contributed by atoms with Crippen LogP contribution in [0.1, 0.15) is 32.6 Å². The van der Waals surface area contributed by atoms with Gasteiger partial charge in [0.2, 0.25) is 0 Å². The quantitative estimate of drug-likeness (QED) is 0.627. The molecule has 0 radical (unpaired) electrons. The van der Waals surface area contributed by atoms with Crippen LogP contribution in [0.2, 0.25) is 0 Å². The first-order valence-electron chi connectivity index (χ1n) is 5.23. The van der Waals surface area contributed by atoms with Crippen LogP contribution in [0, 0.1) is 5.92 Å². The van der Waals surface area contributed by atoms with E-state index in [-0.39, 0.29) is 5.92 Å². The van der Waals surface area contributed by atoms with Crippen LogP contribution in [-0.2, 0) is 4.74 Å². The maximum Gasteiger partial charge on any atom is 0.114 e. The smallest absolute Gasteiger partial charge is 0.114 e. The van der Waals surface area contributed by atoms with Crippen LogP contribution < -0.4 is 0 Å². The lowest BCUT2D eigenvalue weighted by Gasteiger charge is -2.30. The lowest BCUT2D eigenvalue weighted by atomic mass is 9.80. The van der Waals surface area contributed by atoms with Crippen LogP contribution >= 0.6 is 0 Å². The van der Waals surface area contributed by atoms with Crippen molar-refractivity contribution in [2.45, 2.75) is 38.2 Å². The van der Waals surface area contributed by atoms with Gasteiger partial charge < -0.3 is 9.84 Å². The van der Waals surface area contributed by atoms with Gasteiger partial charge in [0.15, 0.2) is 0 Å². The number of hydrogen-bond acceptors (Lipinski definition) is 2. The standard InChI is InChI=1S/C11H18O2/c1-9-7-13-8-11(9,12)10-5-3-2-4-6-10/h5,9,12H,2-4,6-8H2,1H3. The van der Waals surface area contributed by atoms with Crippen LogP contribution in [0.5, 0.6) is 0 Å². The molecule has 0 amide bonds. The third kappa shape index (κ3) is 1.53. The van der Waals surface area contributed by atoms with Crippen molar-refractivity contribution in [2.75, 3.05) is 13.2 Å². The Morgan fingerprint density at radius 1 is 1.54 bits per heavy atom. The second kappa shape index (κ2) is 3.43. The van der Waals surface area contributed by atoms with E-state index in [1.165, 1.54) is 18.4 Å². The maximum atomic E-state index is 10.4. The zero-order valence-corrected chi connectivity index (χ0v) is 8.25. The molecule has 0 spiro atoms. The maximum absolute atomic E-state index is 10.4. The minimum atomic E-state index is -0.638. The van der Waals surface area contributed by atoms with Crippen molar-refractivity contribution in [3.05, 3.63) is 11.6 Å². The Hall–Kier alpha value is -0.340. The average molecular weight is 182 g/mol. The number of rotatable bonds is 1. The first-order valence-corrected chi connectivity index (χ1v) is 5.23. The summed E-state index contributed by atoms with van der Waals surface area (Å²) in [5, 5.41) is 10.4. The van der Waals surface area contributed by atoms with Crippen molar-refractivity contribution in [1.82, 2.24) is 0 Å². The SMILES string of the molecule is CC1COCC1(O)C1=CCCCC1. The zero-order valence-electron chi connectivity index (χ0n) is 8.25. The van der Waals surface area contributed by atoms with Gasteiger partial charge in [-0.25, -0.2) is 0 Å². The zero-order chi connectivity index (χ0) is 9.31. The van der Waals surface area contributed by atoms with E-state index in [0.717, 1.165) is 12.8 Å². The summed E-state index contributed by atoms with van der Waals surface area (Å²) in [7, 11) is 0. The highest BCUT2D eigenvalue weighted by molar-refractivity contribution is 5.21. The van der Waals surface area contributed by atoms with Gasteiger partial charge in [-0.2, -0.15) is 0 Å². The average Bonchev–Trinajstić information content (AvgIpc) is 2.50. The van der Waals surface area contributed by atoms with Crippen molar-refractivity contribution in [2.24, 2.45) is 5.92 Å². The monoisotopic (exact) mass is 182 g/mol. The molecular weight excluding hydrogens is 164 g/mol. The van der Waals surface area contributed by atoms with Gasteiger partial charge in [-0.3, -0.25) is 0 Å². The fourth-order valence-corrected chi connectivity index (χ4v) is 2.31. The Morgan fingerprint density at radius 2 is 2.38 bits per heavy atom. The van der Waals surface area contributed by atoms with Crippen LogP contribution in [0.3, 0.4) is 0 Å². The molecular formula is C11H18O2. The summed E-state index contributed by atoms with van der Waals surface area (Å²) in [4.78, 5) is 0. The fourth-order valence-electron chi connectivity index (χ4n) is 2.31. The highest BCUT2D eigenvalue weighted by Crippen LogP contribution is 2.36. The van der Waals surface area contributed by atoms with Crippen molar-refractivity contribution < 1.29 is 9.84 Å². The fraction of sp³-hybridized carbons (Fsp3) is 0.818. The molecule has 2 atom stereocenters. The normalized spacial score (nSPS) is 40.5. The Kier molecular flexibility index (Phi) is 2.43. The van der Waals surface area contributed by atoms with Crippen molar-refractivity contribution in [1.29, 1.82) is 0 Å². The summed E-state index contributed by atoms with van der Waals surface area (Å²) in [5.74, 6) is 0.261. The Bertz CT molecular complexity index is 222. The summed E-state index contributed by atoms with van der Waals surface area (Å²) in [6.45, 7) is 3.27. The third-order valence-electron chi connectivity index (χ3n) is 3.35. The Labute approximate surface area is 79.6 Å². The Balaban J connectivity index is 2.17. The van der Waals surface area contributed by atoms with E-state index in [1.54, 1.807) is 0 Å². The Morgan fingerprint density at radius 3 is 2.92 bits per heavy atom. The summed E-state index contributed by atoms with van der Waals surface area (Å²) < 4.78 is 5.33. The first-order chi connectivity index (χ1) is 6.23. The molecule has 13 heavy (non-hydrogen) atoms. The molecule has 0 saturated carbocycles. The number of ether oxygens (including phenoxy) is 1.